The van der Waals surface area contributed by atoms with Crippen LogP contribution < -0.4 is 10.1 Å². The van der Waals surface area contributed by atoms with E-state index < -0.39 is 0 Å². The number of rotatable bonds is 8. The van der Waals surface area contributed by atoms with Crippen LogP contribution in [0, 0.1) is 0 Å². The van der Waals surface area contributed by atoms with Crippen molar-refractivity contribution in [3.8, 4) is 5.75 Å². The molecule has 2 heterocycles. The molecular formula is C29H32N2O3. The molecule has 2 aliphatic heterocycles. The van der Waals surface area contributed by atoms with Crippen molar-refractivity contribution in [1.82, 2.24) is 10.2 Å². The monoisotopic (exact) mass is 456 g/mol. The molecule has 34 heavy (non-hydrogen) atoms. The molecule has 5 rings (SSSR count). The van der Waals surface area contributed by atoms with Gasteiger partial charge in [0.25, 0.3) is 5.91 Å². The number of ether oxygens (including phenoxy) is 2. The Morgan fingerprint density at radius 2 is 1.82 bits per heavy atom. The topological polar surface area (TPSA) is 50.8 Å². The van der Waals surface area contributed by atoms with E-state index in [4.69, 9.17) is 9.47 Å². The fourth-order valence-corrected chi connectivity index (χ4v) is 4.98. The number of fused-ring (bicyclic) bond motifs is 1. The van der Waals surface area contributed by atoms with E-state index in [1.54, 1.807) is 0 Å². The molecule has 0 saturated carbocycles. The summed E-state index contributed by atoms with van der Waals surface area (Å²) in [5.41, 5.74) is 5.17. The molecule has 3 aromatic carbocycles. The molecule has 5 heteroatoms. The standard InChI is InChI=1S/C29H32N2O3/c32-28(30-19-26-12-7-17-33-26)21-34-25-14-13-23-15-16-31(20-22-8-3-1-4-9-22)29(27(23)18-25)24-10-5-2-6-11-24/h1-6,8-11,13-14,18,26,29H,7,12,15-17,19-21H2,(H,30,32). The number of carbonyl (C=O) groups excluding carboxylic acids is 1. The molecule has 2 aliphatic rings. The summed E-state index contributed by atoms with van der Waals surface area (Å²) in [7, 11) is 0. The predicted octanol–water partition coefficient (Wildman–Crippen LogP) is 4.51. The van der Waals surface area contributed by atoms with E-state index in [0.717, 1.165) is 44.7 Å². The number of hydrogen-bond donors (Lipinski definition) is 1. The van der Waals surface area contributed by atoms with Gasteiger partial charge in [0.15, 0.2) is 6.61 Å². The van der Waals surface area contributed by atoms with Crippen LogP contribution in [0.2, 0.25) is 0 Å². The van der Waals surface area contributed by atoms with Crippen molar-refractivity contribution in [3.63, 3.8) is 0 Å². The van der Waals surface area contributed by atoms with Gasteiger partial charge in [-0.05, 0) is 53.6 Å². The lowest BCUT2D eigenvalue weighted by molar-refractivity contribution is -0.123. The van der Waals surface area contributed by atoms with Gasteiger partial charge in [-0.1, -0.05) is 66.7 Å². The lowest BCUT2D eigenvalue weighted by atomic mass is 9.87. The Hall–Kier alpha value is -3.15. The molecule has 0 radical (unpaired) electrons. The molecule has 0 aromatic heterocycles. The van der Waals surface area contributed by atoms with Crippen LogP contribution in [0.3, 0.4) is 0 Å². The summed E-state index contributed by atoms with van der Waals surface area (Å²) >= 11 is 0. The number of hydrogen-bond acceptors (Lipinski definition) is 4. The third-order valence-electron chi connectivity index (χ3n) is 6.71. The molecule has 1 N–H and O–H groups in total. The first kappa shape index (κ1) is 22.6. The molecule has 0 spiro atoms. The van der Waals surface area contributed by atoms with Crippen LogP contribution in [0.25, 0.3) is 0 Å². The maximum atomic E-state index is 12.3. The molecule has 0 aliphatic carbocycles. The van der Waals surface area contributed by atoms with E-state index >= 15 is 0 Å². The highest BCUT2D eigenvalue weighted by Crippen LogP contribution is 2.37. The maximum Gasteiger partial charge on any atom is 0.258 e. The zero-order chi connectivity index (χ0) is 23.2. The number of nitrogens with zero attached hydrogens (tertiary/aromatic N) is 1. The SMILES string of the molecule is O=C(COc1ccc2c(c1)C(c1ccccc1)N(Cc1ccccc1)CC2)NCC1CCCO1. The van der Waals surface area contributed by atoms with Gasteiger partial charge >= 0.3 is 0 Å². The summed E-state index contributed by atoms with van der Waals surface area (Å²) in [4.78, 5) is 14.8. The summed E-state index contributed by atoms with van der Waals surface area (Å²) in [6, 6.07) is 27.7. The Kier molecular flexibility index (Phi) is 7.22. The highest BCUT2D eigenvalue weighted by Gasteiger charge is 2.29. The predicted molar refractivity (Wildman–Crippen MR) is 133 cm³/mol. The van der Waals surface area contributed by atoms with Crippen LogP contribution in [0.5, 0.6) is 5.75 Å². The zero-order valence-electron chi connectivity index (χ0n) is 19.5. The van der Waals surface area contributed by atoms with E-state index in [2.05, 4.69) is 83.0 Å². The summed E-state index contributed by atoms with van der Waals surface area (Å²) in [6.07, 6.45) is 3.20. The fraction of sp³-hybridized carbons (Fsp3) is 0.345. The van der Waals surface area contributed by atoms with Gasteiger partial charge in [0.1, 0.15) is 5.75 Å². The normalized spacial score (nSPS) is 20.0. The molecule has 176 valence electrons. The van der Waals surface area contributed by atoms with Crippen molar-refractivity contribution in [1.29, 1.82) is 0 Å². The van der Waals surface area contributed by atoms with Gasteiger partial charge in [-0.25, -0.2) is 0 Å². The van der Waals surface area contributed by atoms with E-state index in [1.807, 2.05) is 6.07 Å². The van der Waals surface area contributed by atoms with Crippen LogP contribution in [0.15, 0.2) is 78.9 Å². The molecule has 2 atom stereocenters. The third kappa shape index (κ3) is 5.49. The minimum Gasteiger partial charge on any atom is -0.484 e. The van der Waals surface area contributed by atoms with Crippen molar-refractivity contribution in [3.05, 3.63) is 101 Å². The summed E-state index contributed by atoms with van der Waals surface area (Å²) < 4.78 is 11.5. The number of amides is 1. The lowest BCUT2D eigenvalue weighted by Gasteiger charge is -2.38. The number of carbonyl (C=O) groups is 1. The third-order valence-corrected chi connectivity index (χ3v) is 6.71. The molecular weight excluding hydrogens is 424 g/mol. The van der Waals surface area contributed by atoms with Gasteiger partial charge < -0.3 is 14.8 Å². The van der Waals surface area contributed by atoms with Gasteiger partial charge in [-0.2, -0.15) is 0 Å². The van der Waals surface area contributed by atoms with Crippen molar-refractivity contribution in [2.24, 2.45) is 0 Å². The Labute approximate surface area is 201 Å². The summed E-state index contributed by atoms with van der Waals surface area (Å²) in [6.45, 7) is 3.23. The van der Waals surface area contributed by atoms with E-state index in [1.165, 1.54) is 22.3 Å². The largest absolute Gasteiger partial charge is 0.484 e. The highest BCUT2D eigenvalue weighted by molar-refractivity contribution is 5.77. The van der Waals surface area contributed by atoms with Gasteiger partial charge in [-0.3, -0.25) is 9.69 Å². The molecule has 3 aromatic rings. The van der Waals surface area contributed by atoms with Gasteiger partial charge in [-0.15, -0.1) is 0 Å². The van der Waals surface area contributed by atoms with Crippen LogP contribution in [-0.2, 0) is 22.5 Å². The van der Waals surface area contributed by atoms with E-state index in [-0.39, 0.29) is 24.7 Å². The first-order valence-corrected chi connectivity index (χ1v) is 12.2. The van der Waals surface area contributed by atoms with Gasteiger partial charge in [0.05, 0.1) is 12.1 Å². The van der Waals surface area contributed by atoms with Crippen molar-refractivity contribution in [2.45, 2.75) is 38.0 Å². The molecule has 1 saturated heterocycles. The minimum absolute atomic E-state index is 0.00917. The Morgan fingerprint density at radius 3 is 2.59 bits per heavy atom. The first-order chi connectivity index (χ1) is 16.8. The Morgan fingerprint density at radius 1 is 1.03 bits per heavy atom. The van der Waals surface area contributed by atoms with E-state index in [9.17, 15) is 4.79 Å². The average Bonchev–Trinajstić information content (AvgIpc) is 3.41. The second kappa shape index (κ2) is 10.9. The second-order valence-electron chi connectivity index (χ2n) is 9.11. The van der Waals surface area contributed by atoms with E-state index in [0.29, 0.717) is 6.54 Å². The van der Waals surface area contributed by atoms with Crippen LogP contribution in [0.1, 0.15) is 41.1 Å². The molecule has 1 fully saturated rings. The maximum absolute atomic E-state index is 12.3. The molecule has 5 nitrogen and oxygen atoms in total. The lowest BCUT2D eigenvalue weighted by Crippen LogP contribution is -2.36. The smallest absolute Gasteiger partial charge is 0.258 e. The highest BCUT2D eigenvalue weighted by atomic mass is 16.5. The zero-order valence-corrected chi connectivity index (χ0v) is 19.5. The first-order valence-electron chi connectivity index (χ1n) is 12.2. The number of nitrogens with one attached hydrogen (secondary N) is 1. The van der Waals surface area contributed by atoms with Gasteiger partial charge in [0, 0.05) is 26.2 Å². The van der Waals surface area contributed by atoms with Crippen LogP contribution >= 0.6 is 0 Å². The van der Waals surface area contributed by atoms with Crippen LogP contribution in [0.4, 0.5) is 0 Å². The Bertz CT molecular complexity index is 1080. The average molecular weight is 457 g/mol. The molecule has 1 amide bonds. The summed E-state index contributed by atoms with van der Waals surface area (Å²) in [5, 5.41) is 2.93. The second-order valence-corrected chi connectivity index (χ2v) is 9.11. The van der Waals surface area contributed by atoms with Crippen LogP contribution in [-0.4, -0.2) is 43.2 Å². The molecule has 2 unspecified atom stereocenters. The fourth-order valence-electron chi connectivity index (χ4n) is 4.98. The minimum atomic E-state index is -0.112. The quantitative estimate of drug-likeness (QED) is 0.542. The van der Waals surface area contributed by atoms with Crippen molar-refractivity contribution >= 4 is 5.91 Å². The van der Waals surface area contributed by atoms with Crippen molar-refractivity contribution in [2.75, 3.05) is 26.3 Å². The summed E-state index contributed by atoms with van der Waals surface area (Å²) in [5.74, 6) is 0.618. The Balaban J connectivity index is 1.32. The number of benzene rings is 3. The van der Waals surface area contributed by atoms with Gasteiger partial charge in [0.2, 0.25) is 0 Å². The van der Waals surface area contributed by atoms with Crippen molar-refractivity contribution < 1.29 is 14.3 Å². The molecule has 0 bridgehead atoms.